The van der Waals surface area contributed by atoms with Crippen LogP contribution in [-0.4, -0.2) is 24.2 Å². The number of rotatable bonds is 9. The number of hydrogen-bond acceptors (Lipinski definition) is 4. The van der Waals surface area contributed by atoms with E-state index in [-0.39, 0.29) is 11.0 Å². The van der Waals surface area contributed by atoms with E-state index in [1.165, 1.54) is 0 Å². The maximum Gasteiger partial charge on any atom is 0.257 e. The zero-order valence-electron chi connectivity index (χ0n) is 17.5. The molecule has 0 bridgehead atoms. The number of halogens is 1. The van der Waals surface area contributed by atoms with Crippen LogP contribution in [0.1, 0.15) is 37.6 Å². The van der Waals surface area contributed by atoms with Crippen LogP contribution in [0.25, 0.3) is 0 Å². The molecule has 0 saturated heterocycles. The van der Waals surface area contributed by atoms with Crippen LogP contribution in [0.15, 0.2) is 59.1 Å². The van der Waals surface area contributed by atoms with Crippen LogP contribution < -0.4 is 20.1 Å². The fourth-order valence-corrected chi connectivity index (χ4v) is 3.08. The van der Waals surface area contributed by atoms with E-state index >= 15 is 0 Å². The zero-order valence-corrected chi connectivity index (χ0v) is 19.9. The summed E-state index contributed by atoms with van der Waals surface area (Å²) in [5.41, 5.74) is 2.12. The molecule has 0 aliphatic heterocycles. The van der Waals surface area contributed by atoms with Gasteiger partial charge < -0.3 is 14.8 Å². The van der Waals surface area contributed by atoms with Crippen molar-refractivity contribution in [2.24, 2.45) is 5.92 Å². The minimum atomic E-state index is -0.309. The highest BCUT2D eigenvalue weighted by atomic mass is 79.9. The molecule has 0 saturated carbocycles. The lowest BCUT2D eigenvalue weighted by atomic mass is 10.1. The van der Waals surface area contributed by atoms with Gasteiger partial charge in [-0.15, -0.1) is 0 Å². The quantitative estimate of drug-likeness (QED) is 0.335. The lowest BCUT2D eigenvalue weighted by Crippen LogP contribution is -2.34. The lowest BCUT2D eigenvalue weighted by molar-refractivity contribution is 0.0977. The van der Waals surface area contributed by atoms with E-state index in [0.29, 0.717) is 36.2 Å². The molecule has 1 amide bonds. The summed E-state index contributed by atoms with van der Waals surface area (Å²) in [6.45, 7) is 11.1. The SMILES string of the molecule is C=C(C)COc1cccc(NC(=S)NC(=O)c2ccc(OCCC(C)C)c(Br)c2)c1. The van der Waals surface area contributed by atoms with E-state index in [4.69, 9.17) is 21.7 Å². The lowest BCUT2D eigenvalue weighted by Gasteiger charge is -2.13. The summed E-state index contributed by atoms with van der Waals surface area (Å²) < 4.78 is 12.1. The van der Waals surface area contributed by atoms with Crippen molar-refractivity contribution in [2.45, 2.75) is 27.2 Å². The Balaban J connectivity index is 1.92. The fourth-order valence-electron chi connectivity index (χ4n) is 2.37. The predicted octanol–water partition coefficient (Wildman–Crippen LogP) is 5.96. The summed E-state index contributed by atoms with van der Waals surface area (Å²) in [6, 6.07) is 12.5. The number of nitrogens with one attached hydrogen (secondary N) is 2. The molecule has 2 aromatic carbocycles. The molecule has 30 heavy (non-hydrogen) atoms. The van der Waals surface area contributed by atoms with Gasteiger partial charge in [0.2, 0.25) is 0 Å². The third kappa shape index (κ3) is 8.16. The zero-order chi connectivity index (χ0) is 22.1. The predicted molar refractivity (Wildman–Crippen MR) is 130 cm³/mol. The second-order valence-corrected chi connectivity index (χ2v) is 8.62. The molecule has 0 aliphatic rings. The molecule has 0 fully saturated rings. The average Bonchev–Trinajstić information content (AvgIpc) is 2.67. The number of anilines is 1. The maximum atomic E-state index is 12.5. The molecule has 2 N–H and O–H groups in total. The smallest absolute Gasteiger partial charge is 0.257 e. The first-order valence-corrected chi connectivity index (χ1v) is 10.9. The van der Waals surface area contributed by atoms with Crippen molar-refractivity contribution < 1.29 is 14.3 Å². The van der Waals surface area contributed by atoms with Crippen LogP contribution in [0.5, 0.6) is 11.5 Å². The molecule has 0 aliphatic carbocycles. The minimum absolute atomic E-state index is 0.199. The van der Waals surface area contributed by atoms with Gasteiger partial charge in [-0.3, -0.25) is 10.1 Å². The molecule has 0 heterocycles. The van der Waals surface area contributed by atoms with E-state index in [0.717, 1.165) is 22.2 Å². The molecule has 0 spiro atoms. The van der Waals surface area contributed by atoms with Gasteiger partial charge in [0.1, 0.15) is 18.1 Å². The highest BCUT2D eigenvalue weighted by Gasteiger charge is 2.11. The van der Waals surface area contributed by atoms with Gasteiger partial charge in [0.15, 0.2) is 5.11 Å². The van der Waals surface area contributed by atoms with Crippen LogP contribution in [0, 0.1) is 5.92 Å². The summed E-state index contributed by atoms with van der Waals surface area (Å²) in [6.07, 6.45) is 0.966. The fraction of sp³-hybridized carbons (Fsp3) is 0.304. The topological polar surface area (TPSA) is 59.6 Å². The van der Waals surface area contributed by atoms with Gasteiger partial charge >= 0.3 is 0 Å². The van der Waals surface area contributed by atoms with E-state index in [1.54, 1.807) is 24.3 Å². The first-order valence-electron chi connectivity index (χ1n) is 9.66. The van der Waals surface area contributed by atoms with E-state index in [1.807, 2.05) is 25.1 Å². The third-order valence-electron chi connectivity index (χ3n) is 3.95. The Morgan fingerprint density at radius 1 is 1.20 bits per heavy atom. The Morgan fingerprint density at radius 2 is 1.97 bits per heavy atom. The number of carbonyl (C=O) groups is 1. The molecular weight excluding hydrogens is 464 g/mol. The molecule has 2 rings (SSSR count). The van der Waals surface area contributed by atoms with E-state index in [2.05, 4.69) is 47.0 Å². The molecule has 160 valence electrons. The number of carbonyl (C=O) groups excluding carboxylic acids is 1. The van der Waals surface area contributed by atoms with E-state index < -0.39 is 0 Å². The van der Waals surface area contributed by atoms with Crippen molar-refractivity contribution in [1.29, 1.82) is 0 Å². The van der Waals surface area contributed by atoms with Crippen molar-refractivity contribution in [3.05, 3.63) is 64.7 Å². The first-order chi connectivity index (χ1) is 14.2. The highest BCUT2D eigenvalue weighted by molar-refractivity contribution is 9.10. The van der Waals surface area contributed by atoms with Crippen LogP contribution in [0.4, 0.5) is 5.69 Å². The number of amides is 1. The summed E-state index contributed by atoms with van der Waals surface area (Å²) >= 11 is 8.73. The number of ether oxygens (including phenoxy) is 2. The monoisotopic (exact) mass is 490 g/mol. The van der Waals surface area contributed by atoms with Gasteiger partial charge in [-0.25, -0.2) is 0 Å². The van der Waals surface area contributed by atoms with Crippen LogP contribution in [-0.2, 0) is 0 Å². The standard InChI is InChI=1S/C23H27BrN2O3S/c1-15(2)10-11-28-21-9-8-17(12-20(21)24)22(27)26-23(30)25-18-6-5-7-19(13-18)29-14-16(3)4/h5-9,12-13,15H,3,10-11,14H2,1-2,4H3,(H2,25,26,27,30). The van der Waals surface area contributed by atoms with Crippen molar-refractivity contribution in [3.8, 4) is 11.5 Å². The van der Waals surface area contributed by atoms with Gasteiger partial charge in [0.25, 0.3) is 5.91 Å². The summed E-state index contributed by atoms with van der Waals surface area (Å²) in [4.78, 5) is 12.5. The number of hydrogen-bond donors (Lipinski definition) is 2. The summed E-state index contributed by atoms with van der Waals surface area (Å²) in [5.74, 6) is 1.66. The maximum absolute atomic E-state index is 12.5. The van der Waals surface area contributed by atoms with Gasteiger partial charge in [-0.1, -0.05) is 26.5 Å². The Morgan fingerprint density at radius 3 is 2.63 bits per heavy atom. The normalized spacial score (nSPS) is 10.4. The van der Waals surface area contributed by atoms with Crippen LogP contribution >= 0.6 is 28.1 Å². The first kappa shape index (κ1) is 23.9. The third-order valence-corrected chi connectivity index (χ3v) is 4.77. The van der Waals surface area contributed by atoms with Gasteiger partial charge in [-0.05, 0) is 83.3 Å². The number of thiocarbonyl (C=S) groups is 1. The molecular formula is C23H27BrN2O3S. The second kappa shape index (κ2) is 11.7. The van der Waals surface area contributed by atoms with Crippen molar-refractivity contribution in [3.63, 3.8) is 0 Å². The van der Waals surface area contributed by atoms with E-state index in [9.17, 15) is 4.79 Å². The average molecular weight is 491 g/mol. The molecule has 0 radical (unpaired) electrons. The molecule has 0 aromatic heterocycles. The van der Waals surface area contributed by atoms with Gasteiger partial charge in [-0.2, -0.15) is 0 Å². The van der Waals surface area contributed by atoms with Gasteiger partial charge in [0.05, 0.1) is 11.1 Å². The highest BCUT2D eigenvalue weighted by Crippen LogP contribution is 2.26. The Kier molecular flexibility index (Phi) is 9.33. The minimum Gasteiger partial charge on any atom is -0.492 e. The summed E-state index contributed by atoms with van der Waals surface area (Å²) in [5, 5.41) is 5.88. The van der Waals surface area contributed by atoms with Crippen molar-refractivity contribution >= 4 is 44.9 Å². The Bertz CT molecular complexity index is 915. The molecule has 7 heteroatoms. The van der Waals surface area contributed by atoms with Gasteiger partial charge in [0, 0.05) is 17.3 Å². The van der Waals surface area contributed by atoms with Crippen LogP contribution in [0.2, 0.25) is 0 Å². The summed E-state index contributed by atoms with van der Waals surface area (Å²) in [7, 11) is 0. The molecule has 0 atom stereocenters. The van der Waals surface area contributed by atoms with Crippen LogP contribution in [0.3, 0.4) is 0 Å². The molecule has 2 aromatic rings. The van der Waals surface area contributed by atoms with Crippen molar-refractivity contribution in [2.75, 3.05) is 18.5 Å². The Labute approximate surface area is 192 Å². The van der Waals surface area contributed by atoms with Crippen molar-refractivity contribution in [1.82, 2.24) is 5.32 Å². The molecule has 0 unspecified atom stereocenters. The second-order valence-electron chi connectivity index (χ2n) is 7.36. The largest absolute Gasteiger partial charge is 0.492 e. The molecule has 5 nitrogen and oxygen atoms in total. The Hall–Kier alpha value is -2.38. The number of benzene rings is 2.